The number of methoxy groups -OCH3 is 1. The zero-order valence-corrected chi connectivity index (χ0v) is 10.9. The molecule has 4 nitrogen and oxygen atoms in total. The molecular weight excluding hydrogens is 214 g/mol. The van der Waals surface area contributed by atoms with E-state index in [9.17, 15) is 0 Å². The molecule has 4 heteroatoms. The highest BCUT2D eigenvalue weighted by atomic mass is 16.5. The number of anilines is 1. The standard InChI is InChI=1S/C13H21N3O/c1-10-7-12(13(17-3)9-15-10)16(2)11-5-4-6-14-8-11/h7,9,11,14H,4-6,8H2,1-3H3. The van der Waals surface area contributed by atoms with Crippen LogP contribution in [0.15, 0.2) is 12.3 Å². The molecule has 2 rings (SSSR count). The minimum atomic E-state index is 0.541. The Bertz CT molecular complexity index is 375. The van der Waals surface area contributed by atoms with Crippen molar-refractivity contribution < 1.29 is 4.74 Å². The molecule has 1 fully saturated rings. The molecule has 94 valence electrons. The molecule has 1 aliphatic heterocycles. The third kappa shape index (κ3) is 2.69. The third-order valence-corrected chi connectivity index (χ3v) is 3.40. The highest BCUT2D eigenvalue weighted by Gasteiger charge is 2.20. The summed E-state index contributed by atoms with van der Waals surface area (Å²) < 4.78 is 5.39. The van der Waals surface area contributed by atoms with Crippen molar-refractivity contribution in [2.75, 3.05) is 32.1 Å². The van der Waals surface area contributed by atoms with Crippen LogP contribution in [0.2, 0.25) is 0 Å². The van der Waals surface area contributed by atoms with Crippen molar-refractivity contribution in [2.45, 2.75) is 25.8 Å². The van der Waals surface area contributed by atoms with Gasteiger partial charge < -0.3 is 15.0 Å². The number of nitrogens with one attached hydrogen (secondary N) is 1. The van der Waals surface area contributed by atoms with Gasteiger partial charge >= 0.3 is 0 Å². The quantitative estimate of drug-likeness (QED) is 0.863. The SMILES string of the molecule is COc1cnc(C)cc1N(C)C1CCCNC1. The van der Waals surface area contributed by atoms with Crippen molar-refractivity contribution >= 4 is 5.69 Å². The second-order valence-electron chi connectivity index (χ2n) is 4.61. The normalized spacial score (nSPS) is 20.1. The Morgan fingerprint density at radius 1 is 1.53 bits per heavy atom. The van der Waals surface area contributed by atoms with Crippen LogP contribution in [-0.2, 0) is 0 Å². The van der Waals surface area contributed by atoms with Gasteiger partial charge in [0.2, 0.25) is 0 Å². The minimum absolute atomic E-state index is 0.541. The van der Waals surface area contributed by atoms with Gasteiger partial charge in [-0.15, -0.1) is 0 Å². The van der Waals surface area contributed by atoms with E-state index in [0.29, 0.717) is 6.04 Å². The zero-order valence-electron chi connectivity index (χ0n) is 10.9. The molecule has 2 heterocycles. The Balaban J connectivity index is 2.21. The van der Waals surface area contributed by atoms with E-state index in [1.165, 1.54) is 12.8 Å². The number of aromatic nitrogens is 1. The first-order valence-corrected chi connectivity index (χ1v) is 6.16. The number of aryl methyl sites for hydroxylation is 1. The largest absolute Gasteiger partial charge is 0.493 e. The van der Waals surface area contributed by atoms with Crippen LogP contribution in [0, 0.1) is 6.92 Å². The number of pyridine rings is 1. The highest BCUT2D eigenvalue weighted by molar-refractivity contribution is 5.58. The molecule has 1 unspecified atom stereocenters. The molecule has 0 spiro atoms. The van der Waals surface area contributed by atoms with Gasteiger partial charge in [0, 0.05) is 25.3 Å². The van der Waals surface area contributed by atoms with Crippen LogP contribution < -0.4 is 15.0 Å². The van der Waals surface area contributed by atoms with E-state index in [-0.39, 0.29) is 0 Å². The Labute approximate surface area is 103 Å². The molecule has 0 amide bonds. The predicted octanol–water partition coefficient (Wildman–Crippen LogP) is 1.59. The summed E-state index contributed by atoms with van der Waals surface area (Å²) >= 11 is 0. The summed E-state index contributed by atoms with van der Waals surface area (Å²) in [5.74, 6) is 0.851. The molecule has 17 heavy (non-hydrogen) atoms. The van der Waals surface area contributed by atoms with E-state index < -0.39 is 0 Å². The third-order valence-electron chi connectivity index (χ3n) is 3.40. The Kier molecular flexibility index (Phi) is 3.84. The molecule has 1 atom stereocenters. The van der Waals surface area contributed by atoms with E-state index in [1.54, 1.807) is 13.3 Å². The summed E-state index contributed by atoms with van der Waals surface area (Å²) in [6.07, 6.45) is 4.27. The number of hydrogen-bond acceptors (Lipinski definition) is 4. The first-order chi connectivity index (χ1) is 8.22. The second-order valence-corrected chi connectivity index (χ2v) is 4.61. The van der Waals surface area contributed by atoms with Crippen LogP contribution in [0.25, 0.3) is 0 Å². The monoisotopic (exact) mass is 235 g/mol. The van der Waals surface area contributed by atoms with E-state index in [4.69, 9.17) is 4.74 Å². The van der Waals surface area contributed by atoms with Crippen molar-refractivity contribution in [3.63, 3.8) is 0 Å². The van der Waals surface area contributed by atoms with Gasteiger partial charge in [0.25, 0.3) is 0 Å². The minimum Gasteiger partial charge on any atom is -0.493 e. The number of likely N-dealkylation sites (N-methyl/N-ethyl adjacent to an activating group) is 1. The first kappa shape index (κ1) is 12.2. The van der Waals surface area contributed by atoms with Gasteiger partial charge in [0.05, 0.1) is 19.0 Å². The lowest BCUT2D eigenvalue weighted by Crippen LogP contribution is -2.44. The van der Waals surface area contributed by atoms with Crippen LogP contribution in [0.4, 0.5) is 5.69 Å². The van der Waals surface area contributed by atoms with Crippen molar-refractivity contribution in [1.29, 1.82) is 0 Å². The van der Waals surface area contributed by atoms with Crippen molar-refractivity contribution in [2.24, 2.45) is 0 Å². The molecule has 0 radical (unpaired) electrons. The van der Waals surface area contributed by atoms with E-state index in [2.05, 4.69) is 28.3 Å². The number of piperidine rings is 1. The van der Waals surface area contributed by atoms with Crippen LogP contribution in [0.3, 0.4) is 0 Å². The molecule has 0 aliphatic carbocycles. The number of rotatable bonds is 3. The fraction of sp³-hybridized carbons (Fsp3) is 0.615. The average molecular weight is 235 g/mol. The van der Waals surface area contributed by atoms with Crippen molar-refractivity contribution in [3.05, 3.63) is 18.0 Å². The summed E-state index contributed by atoms with van der Waals surface area (Å²) in [6.45, 7) is 4.19. The van der Waals surface area contributed by atoms with Gasteiger partial charge in [0.15, 0.2) is 5.75 Å². The summed E-state index contributed by atoms with van der Waals surface area (Å²) in [5.41, 5.74) is 2.16. The summed E-state index contributed by atoms with van der Waals surface area (Å²) in [4.78, 5) is 6.58. The molecule has 1 N–H and O–H groups in total. The van der Waals surface area contributed by atoms with Gasteiger partial charge in [-0.3, -0.25) is 4.98 Å². The molecule has 0 saturated carbocycles. The Hall–Kier alpha value is -1.29. The van der Waals surface area contributed by atoms with Crippen LogP contribution in [0.1, 0.15) is 18.5 Å². The van der Waals surface area contributed by atoms with Gasteiger partial charge in [-0.2, -0.15) is 0 Å². The molecular formula is C13H21N3O. The van der Waals surface area contributed by atoms with Gasteiger partial charge in [-0.05, 0) is 32.4 Å². The zero-order chi connectivity index (χ0) is 12.3. The maximum absolute atomic E-state index is 5.39. The van der Waals surface area contributed by atoms with Crippen LogP contribution in [-0.4, -0.2) is 38.3 Å². The fourth-order valence-corrected chi connectivity index (χ4v) is 2.33. The lowest BCUT2D eigenvalue weighted by molar-refractivity contribution is 0.404. The summed E-state index contributed by atoms with van der Waals surface area (Å²) in [6, 6.07) is 2.63. The number of nitrogens with zero attached hydrogens (tertiary/aromatic N) is 2. The lowest BCUT2D eigenvalue weighted by atomic mass is 10.1. The van der Waals surface area contributed by atoms with Crippen LogP contribution in [0.5, 0.6) is 5.75 Å². The molecule has 0 bridgehead atoms. The maximum atomic E-state index is 5.39. The van der Waals surface area contributed by atoms with E-state index in [0.717, 1.165) is 30.2 Å². The van der Waals surface area contributed by atoms with Crippen molar-refractivity contribution in [3.8, 4) is 5.75 Å². The molecule has 1 aromatic rings. The van der Waals surface area contributed by atoms with E-state index >= 15 is 0 Å². The van der Waals surface area contributed by atoms with E-state index in [1.807, 2.05) is 6.92 Å². The second kappa shape index (κ2) is 5.36. The topological polar surface area (TPSA) is 37.4 Å². The first-order valence-electron chi connectivity index (χ1n) is 6.16. The summed E-state index contributed by atoms with van der Waals surface area (Å²) in [5, 5.41) is 3.44. The number of ether oxygens (including phenoxy) is 1. The highest BCUT2D eigenvalue weighted by Crippen LogP contribution is 2.29. The molecule has 1 aliphatic rings. The van der Waals surface area contributed by atoms with Gasteiger partial charge in [-0.25, -0.2) is 0 Å². The maximum Gasteiger partial charge on any atom is 0.160 e. The van der Waals surface area contributed by atoms with Gasteiger partial charge in [-0.1, -0.05) is 0 Å². The Morgan fingerprint density at radius 3 is 3.00 bits per heavy atom. The molecule has 1 aromatic heterocycles. The smallest absolute Gasteiger partial charge is 0.160 e. The summed E-state index contributed by atoms with van der Waals surface area (Å²) in [7, 11) is 3.83. The van der Waals surface area contributed by atoms with Crippen molar-refractivity contribution in [1.82, 2.24) is 10.3 Å². The fourth-order valence-electron chi connectivity index (χ4n) is 2.33. The molecule has 0 aromatic carbocycles. The number of hydrogen-bond donors (Lipinski definition) is 1. The predicted molar refractivity (Wildman–Crippen MR) is 69.8 cm³/mol. The lowest BCUT2D eigenvalue weighted by Gasteiger charge is -2.34. The average Bonchev–Trinajstić information content (AvgIpc) is 2.39. The van der Waals surface area contributed by atoms with Gasteiger partial charge in [0.1, 0.15) is 0 Å². The van der Waals surface area contributed by atoms with Crippen LogP contribution >= 0.6 is 0 Å². The Morgan fingerprint density at radius 2 is 2.35 bits per heavy atom. The molecule has 1 saturated heterocycles.